The summed E-state index contributed by atoms with van der Waals surface area (Å²) in [6.45, 7) is 7.32. The summed E-state index contributed by atoms with van der Waals surface area (Å²) >= 11 is 3.36. The first-order valence-electron chi connectivity index (χ1n) is 3.98. The van der Waals surface area contributed by atoms with Crippen molar-refractivity contribution >= 4 is 27.3 Å². The highest BCUT2D eigenvalue weighted by atomic mass is 79.9. The summed E-state index contributed by atoms with van der Waals surface area (Å²) in [5.41, 5.74) is 2.68. The lowest BCUT2D eigenvalue weighted by atomic mass is 10.0. The molecule has 0 fully saturated rings. The van der Waals surface area contributed by atoms with Gasteiger partial charge in [0.2, 0.25) is 0 Å². The van der Waals surface area contributed by atoms with Crippen LogP contribution in [0.1, 0.15) is 29.8 Å². The Hall–Kier alpha value is -0.890. The van der Waals surface area contributed by atoms with Gasteiger partial charge in [0.25, 0.3) is 0 Å². The maximum Gasteiger partial charge on any atom is 0.159 e. The zero-order valence-electron chi connectivity index (χ0n) is 7.73. The summed E-state index contributed by atoms with van der Waals surface area (Å²) < 4.78 is 0.915. The van der Waals surface area contributed by atoms with Crippen molar-refractivity contribution in [3.8, 4) is 0 Å². The summed E-state index contributed by atoms with van der Waals surface area (Å²) in [5.74, 6) is 0.0730. The highest BCUT2D eigenvalue weighted by Gasteiger charge is 2.03. The molecule has 1 aromatic rings. The van der Waals surface area contributed by atoms with Gasteiger partial charge in [-0.3, -0.25) is 4.79 Å². The van der Waals surface area contributed by atoms with Gasteiger partial charge in [0.1, 0.15) is 0 Å². The number of carbonyl (C=O) groups is 1. The molecule has 0 unspecified atom stereocenters. The smallest absolute Gasteiger partial charge is 0.159 e. The molecule has 0 heterocycles. The van der Waals surface area contributed by atoms with E-state index in [1.54, 1.807) is 6.92 Å². The summed E-state index contributed by atoms with van der Waals surface area (Å²) in [7, 11) is 0. The third-order valence-electron chi connectivity index (χ3n) is 1.80. The molecule has 0 radical (unpaired) electrons. The standard InChI is InChI=1S/C11H11BrO/c1-7(2)9-4-10(8(3)13)6-11(12)5-9/h4-6H,1H2,2-3H3. The molecule has 0 saturated carbocycles. The monoisotopic (exact) mass is 238 g/mol. The quantitative estimate of drug-likeness (QED) is 0.719. The molecule has 0 aliphatic rings. The first-order chi connectivity index (χ1) is 6.00. The fourth-order valence-corrected chi connectivity index (χ4v) is 1.53. The van der Waals surface area contributed by atoms with E-state index in [4.69, 9.17) is 0 Å². The fraction of sp³-hybridized carbons (Fsp3) is 0.182. The normalized spacial score (nSPS) is 9.77. The summed E-state index contributed by atoms with van der Waals surface area (Å²) in [6.07, 6.45) is 0. The van der Waals surface area contributed by atoms with Crippen LogP contribution in [0.4, 0.5) is 0 Å². The number of carbonyl (C=O) groups excluding carboxylic acids is 1. The van der Waals surface area contributed by atoms with Gasteiger partial charge in [-0.15, -0.1) is 0 Å². The maximum absolute atomic E-state index is 11.1. The lowest BCUT2D eigenvalue weighted by molar-refractivity contribution is 0.101. The second-order valence-electron chi connectivity index (χ2n) is 3.07. The van der Waals surface area contributed by atoms with Crippen LogP contribution in [0, 0.1) is 0 Å². The Morgan fingerprint density at radius 2 is 1.77 bits per heavy atom. The van der Waals surface area contributed by atoms with Gasteiger partial charge < -0.3 is 0 Å². The van der Waals surface area contributed by atoms with Gasteiger partial charge in [0, 0.05) is 10.0 Å². The van der Waals surface area contributed by atoms with Crippen molar-refractivity contribution in [3.05, 3.63) is 40.4 Å². The van der Waals surface area contributed by atoms with E-state index in [1.807, 2.05) is 25.1 Å². The second-order valence-corrected chi connectivity index (χ2v) is 3.98. The van der Waals surface area contributed by atoms with Gasteiger partial charge >= 0.3 is 0 Å². The van der Waals surface area contributed by atoms with Crippen LogP contribution in [0.15, 0.2) is 29.3 Å². The van der Waals surface area contributed by atoms with E-state index in [0.717, 1.165) is 15.6 Å². The van der Waals surface area contributed by atoms with Gasteiger partial charge in [-0.25, -0.2) is 0 Å². The molecule has 0 atom stereocenters. The molecule has 0 N–H and O–H groups in total. The van der Waals surface area contributed by atoms with Crippen molar-refractivity contribution in [3.63, 3.8) is 0 Å². The number of ketones is 1. The molecular weight excluding hydrogens is 228 g/mol. The van der Waals surface area contributed by atoms with E-state index < -0.39 is 0 Å². The number of rotatable bonds is 2. The molecule has 1 rings (SSSR count). The predicted octanol–water partition coefficient (Wildman–Crippen LogP) is 3.68. The van der Waals surface area contributed by atoms with E-state index in [1.165, 1.54) is 0 Å². The van der Waals surface area contributed by atoms with Crippen molar-refractivity contribution in [2.24, 2.45) is 0 Å². The summed E-state index contributed by atoms with van der Waals surface area (Å²) in [4.78, 5) is 11.1. The summed E-state index contributed by atoms with van der Waals surface area (Å²) in [6, 6.07) is 5.62. The predicted molar refractivity (Wildman–Crippen MR) is 58.9 cm³/mol. The molecule has 68 valence electrons. The van der Waals surface area contributed by atoms with Crippen LogP contribution in [0.25, 0.3) is 5.57 Å². The molecule has 0 aromatic heterocycles. The lowest BCUT2D eigenvalue weighted by Gasteiger charge is -2.03. The maximum atomic E-state index is 11.1. The molecule has 0 aliphatic heterocycles. The molecule has 0 bridgehead atoms. The van der Waals surface area contributed by atoms with Crippen molar-refractivity contribution in [2.45, 2.75) is 13.8 Å². The molecular formula is C11H11BrO. The topological polar surface area (TPSA) is 17.1 Å². The largest absolute Gasteiger partial charge is 0.295 e. The van der Waals surface area contributed by atoms with E-state index in [9.17, 15) is 4.79 Å². The van der Waals surface area contributed by atoms with Crippen LogP contribution >= 0.6 is 15.9 Å². The summed E-state index contributed by atoms with van der Waals surface area (Å²) in [5, 5.41) is 0. The molecule has 1 aromatic carbocycles. The van der Waals surface area contributed by atoms with E-state index in [0.29, 0.717) is 5.56 Å². The average molecular weight is 239 g/mol. The van der Waals surface area contributed by atoms with Crippen molar-refractivity contribution in [1.29, 1.82) is 0 Å². The van der Waals surface area contributed by atoms with Crippen LogP contribution in [0.5, 0.6) is 0 Å². The highest BCUT2D eigenvalue weighted by Crippen LogP contribution is 2.20. The Bertz CT molecular complexity index is 334. The van der Waals surface area contributed by atoms with Crippen LogP contribution in [-0.2, 0) is 0 Å². The van der Waals surface area contributed by atoms with Crippen molar-refractivity contribution < 1.29 is 4.79 Å². The zero-order valence-corrected chi connectivity index (χ0v) is 9.31. The molecule has 0 aliphatic carbocycles. The minimum Gasteiger partial charge on any atom is -0.295 e. The Morgan fingerprint density at radius 3 is 2.23 bits per heavy atom. The zero-order chi connectivity index (χ0) is 10.0. The van der Waals surface area contributed by atoms with Crippen LogP contribution in [0.2, 0.25) is 0 Å². The Balaban J connectivity index is 3.26. The van der Waals surface area contributed by atoms with Crippen molar-refractivity contribution in [2.75, 3.05) is 0 Å². The molecule has 13 heavy (non-hydrogen) atoms. The molecule has 0 spiro atoms. The minimum atomic E-state index is 0.0730. The SMILES string of the molecule is C=C(C)c1cc(Br)cc(C(C)=O)c1. The first-order valence-corrected chi connectivity index (χ1v) is 4.77. The number of allylic oxidation sites excluding steroid dienone is 1. The van der Waals surface area contributed by atoms with E-state index in [2.05, 4.69) is 22.5 Å². The number of halogens is 1. The Morgan fingerprint density at radius 1 is 1.23 bits per heavy atom. The Labute approximate surface area is 86.6 Å². The molecule has 0 saturated heterocycles. The van der Waals surface area contributed by atoms with Gasteiger partial charge in [0.15, 0.2) is 5.78 Å². The van der Waals surface area contributed by atoms with Gasteiger partial charge in [-0.1, -0.05) is 28.1 Å². The molecule has 1 nitrogen and oxygen atoms in total. The van der Waals surface area contributed by atoms with E-state index in [-0.39, 0.29) is 5.78 Å². The van der Waals surface area contributed by atoms with Crippen molar-refractivity contribution in [1.82, 2.24) is 0 Å². The van der Waals surface area contributed by atoms with Gasteiger partial charge in [0.05, 0.1) is 0 Å². The van der Waals surface area contributed by atoms with Crippen LogP contribution in [-0.4, -0.2) is 5.78 Å². The average Bonchev–Trinajstić information content (AvgIpc) is 2.03. The molecule has 2 heteroatoms. The van der Waals surface area contributed by atoms with Gasteiger partial charge in [-0.2, -0.15) is 0 Å². The van der Waals surface area contributed by atoms with E-state index >= 15 is 0 Å². The number of hydrogen-bond acceptors (Lipinski definition) is 1. The third kappa shape index (κ3) is 2.52. The highest BCUT2D eigenvalue weighted by molar-refractivity contribution is 9.10. The first kappa shape index (κ1) is 10.2. The number of benzene rings is 1. The Kier molecular flexibility index (Phi) is 3.04. The van der Waals surface area contributed by atoms with Gasteiger partial charge in [-0.05, 0) is 37.6 Å². The van der Waals surface area contributed by atoms with Crippen LogP contribution in [0.3, 0.4) is 0 Å². The minimum absolute atomic E-state index is 0.0730. The lowest BCUT2D eigenvalue weighted by Crippen LogP contribution is -1.93. The van der Waals surface area contributed by atoms with Crippen LogP contribution < -0.4 is 0 Å². The number of Topliss-reactive ketones (excluding diaryl/α,β-unsaturated/α-hetero) is 1. The fourth-order valence-electron chi connectivity index (χ4n) is 1.04. The second kappa shape index (κ2) is 3.88. The third-order valence-corrected chi connectivity index (χ3v) is 2.25. The molecule has 0 amide bonds. The number of hydrogen-bond donors (Lipinski definition) is 0.